The standard InChI is InChI=1S/C22H23BrN2O4/c1-5-9-29-18-8-7-17(23)11-15(18)10-16(12-24)21(26)19-13(3)25-14(4)20(19)22(27)28-6-2/h7-8,10-11,25H,5-6,9H2,1-4H3/b16-10+. The van der Waals surface area contributed by atoms with Gasteiger partial charge in [-0.15, -0.1) is 0 Å². The second-order valence-corrected chi connectivity index (χ2v) is 7.29. The largest absolute Gasteiger partial charge is 0.493 e. The van der Waals surface area contributed by atoms with E-state index in [9.17, 15) is 14.9 Å². The normalized spacial score (nSPS) is 11.1. The summed E-state index contributed by atoms with van der Waals surface area (Å²) in [6, 6.07) is 7.34. The van der Waals surface area contributed by atoms with Crippen molar-refractivity contribution in [2.75, 3.05) is 13.2 Å². The van der Waals surface area contributed by atoms with Crippen LogP contribution in [-0.2, 0) is 4.74 Å². The van der Waals surface area contributed by atoms with E-state index in [2.05, 4.69) is 20.9 Å². The van der Waals surface area contributed by atoms with Crippen LogP contribution in [0.5, 0.6) is 5.75 Å². The highest BCUT2D eigenvalue weighted by molar-refractivity contribution is 9.10. The topological polar surface area (TPSA) is 92.2 Å². The highest BCUT2D eigenvalue weighted by Gasteiger charge is 2.27. The second-order valence-electron chi connectivity index (χ2n) is 6.38. The molecule has 1 N–H and O–H groups in total. The van der Waals surface area contributed by atoms with Gasteiger partial charge in [-0.2, -0.15) is 5.26 Å². The molecule has 1 heterocycles. The maximum atomic E-state index is 13.2. The van der Waals surface area contributed by atoms with Gasteiger partial charge in [0.1, 0.15) is 17.4 Å². The fourth-order valence-corrected chi connectivity index (χ4v) is 3.32. The molecule has 0 saturated carbocycles. The predicted molar refractivity (Wildman–Crippen MR) is 114 cm³/mol. The lowest BCUT2D eigenvalue weighted by Gasteiger charge is -2.10. The summed E-state index contributed by atoms with van der Waals surface area (Å²) in [4.78, 5) is 28.5. The van der Waals surface area contributed by atoms with E-state index in [0.29, 0.717) is 29.3 Å². The number of benzene rings is 1. The summed E-state index contributed by atoms with van der Waals surface area (Å²) >= 11 is 3.40. The van der Waals surface area contributed by atoms with Gasteiger partial charge in [0.25, 0.3) is 0 Å². The van der Waals surface area contributed by atoms with Gasteiger partial charge in [-0.05, 0) is 51.5 Å². The first kappa shape index (κ1) is 22.4. The number of aryl methyl sites for hydroxylation is 2. The third-order valence-electron chi connectivity index (χ3n) is 4.18. The lowest BCUT2D eigenvalue weighted by atomic mass is 9.97. The number of Topliss-reactive ketones (excluding diaryl/α,β-unsaturated/α-hetero) is 1. The molecule has 6 nitrogen and oxygen atoms in total. The number of carbonyl (C=O) groups is 2. The fourth-order valence-electron chi connectivity index (χ4n) is 2.94. The molecule has 0 radical (unpaired) electrons. The molecule has 0 saturated heterocycles. The SMILES string of the molecule is CCCOc1ccc(Br)cc1/C=C(\C#N)C(=O)c1c(C)[nH]c(C)c1C(=O)OCC. The number of hydrogen-bond acceptors (Lipinski definition) is 5. The highest BCUT2D eigenvalue weighted by Crippen LogP contribution is 2.28. The van der Waals surface area contributed by atoms with Crippen LogP contribution in [0.2, 0.25) is 0 Å². The number of H-pyrrole nitrogens is 1. The van der Waals surface area contributed by atoms with Crippen LogP contribution in [0.4, 0.5) is 0 Å². The Kier molecular flexibility index (Phi) is 7.80. The molecule has 29 heavy (non-hydrogen) atoms. The minimum absolute atomic E-state index is 0.0999. The number of aromatic amines is 1. The van der Waals surface area contributed by atoms with Gasteiger partial charge in [0, 0.05) is 21.4 Å². The van der Waals surface area contributed by atoms with Crippen LogP contribution in [0.1, 0.15) is 57.9 Å². The molecular weight excluding hydrogens is 436 g/mol. The molecule has 0 aliphatic rings. The van der Waals surface area contributed by atoms with Gasteiger partial charge in [-0.1, -0.05) is 22.9 Å². The molecule has 152 valence electrons. The lowest BCUT2D eigenvalue weighted by Crippen LogP contribution is -2.13. The Morgan fingerprint density at radius 1 is 1.21 bits per heavy atom. The Bertz CT molecular complexity index is 999. The molecule has 7 heteroatoms. The summed E-state index contributed by atoms with van der Waals surface area (Å²) < 4.78 is 11.6. The minimum atomic E-state index is -0.593. The molecule has 0 unspecified atom stereocenters. The van der Waals surface area contributed by atoms with Gasteiger partial charge in [0.2, 0.25) is 5.78 Å². The van der Waals surface area contributed by atoms with Crippen LogP contribution < -0.4 is 4.74 Å². The van der Waals surface area contributed by atoms with E-state index in [0.717, 1.165) is 10.9 Å². The molecule has 0 aliphatic carbocycles. The highest BCUT2D eigenvalue weighted by atomic mass is 79.9. The van der Waals surface area contributed by atoms with Crippen molar-refractivity contribution in [3.8, 4) is 11.8 Å². The van der Waals surface area contributed by atoms with Gasteiger partial charge < -0.3 is 14.5 Å². The average Bonchev–Trinajstić information content (AvgIpc) is 2.98. The summed E-state index contributed by atoms with van der Waals surface area (Å²) in [6.07, 6.45) is 2.31. The minimum Gasteiger partial charge on any atom is -0.493 e. The zero-order chi connectivity index (χ0) is 21.6. The zero-order valence-corrected chi connectivity index (χ0v) is 18.5. The van der Waals surface area contributed by atoms with Crippen LogP contribution in [0.3, 0.4) is 0 Å². The molecule has 0 atom stereocenters. The Labute approximate surface area is 178 Å². The number of nitrogens with zero attached hydrogens (tertiary/aromatic N) is 1. The average molecular weight is 459 g/mol. The van der Waals surface area contributed by atoms with Gasteiger partial charge in [0.05, 0.1) is 24.3 Å². The van der Waals surface area contributed by atoms with Gasteiger partial charge in [-0.3, -0.25) is 4.79 Å². The number of halogens is 1. The maximum absolute atomic E-state index is 13.2. The van der Waals surface area contributed by atoms with E-state index in [4.69, 9.17) is 9.47 Å². The van der Waals surface area contributed by atoms with Gasteiger partial charge >= 0.3 is 5.97 Å². The molecule has 0 amide bonds. The molecule has 0 aliphatic heterocycles. The molecule has 2 rings (SSSR count). The number of ketones is 1. The third-order valence-corrected chi connectivity index (χ3v) is 4.67. The van der Waals surface area contributed by atoms with E-state index in [1.54, 1.807) is 32.9 Å². The quantitative estimate of drug-likeness (QED) is 0.255. The number of nitriles is 1. The Morgan fingerprint density at radius 3 is 2.52 bits per heavy atom. The van der Waals surface area contributed by atoms with E-state index in [1.807, 2.05) is 19.1 Å². The summed E-state index contributed by atoms with van der Waals surface area (Å²) in [7, 11) is 0. The van der Waals surface area contributed by atoms with Crippen LogP contribution in [0, 0.1) is 25.2 Å². The van der Waals surface area contributed by atoms with Crippen LogP contribution in [-0.4, -0.2) is 30.0 Å². The molecule has 1 aromatic heterocycles. The fraction of sp³-hybridized carbons (Fsp3) is 0.318. The number of nitrogens with one attached hydrogen (secondary N) is 1. The van der Waals surface area contributed by atoms with Crippen molar-refractivity contribution in [1.82, 2.24) is 4.98 Å². The van der Waals surface area contributed by atoms with Crippen molar-refractivity contribution < 1.29 is 19.1 Å². The van der Waals surface area contributed by atoms with Crippen LogP contribution in [0.15, 0.2) is 28.2 Å². The van der Waals surface area contributed by atoms with E-state index in [1.165, 1.54) is 6.08 Å². The van der Waals surface area contributed by atoms with Crippen molar-refractivity contribution in [3.05, 3.63) is 56.3 Å². The molecule has 0 bridgehead atoms. The number of aromatic nitrogens is 1. The second kappa shape index (κ2) is 10.1. The van der Waals surface area contributed by atoms with Crippen molar-refractivity contribution in [1.29, 1.82) is 5.26 Å². The van der Waals surface area contributed by atoms with E-state index >= 15 is 0 Å². The Balaban J connectivity index is 2.55. The number of allylic oxidation sites excluding steroid dienone is 1. The summed E-state index contributed by atoms with van der Waals surface area (Å²) in [5.41, 5.74) is 1.84. The summed E-state index contributed by atoms with van der Waals surface area (Å²) in [5.74, 6) is -0.563. The molecule has 2 aromatic rings. The van der Waals surface area contributed by atoms with Gasteiger partial charge in [-0.25, -0.2) is 4.79 Å². The lowest BCUT2D eigenvalue weighted by molar-refractivity contribution is 0.0523. The number of rotatable bonds is 8. The van der Waals surface area contributed by atoms with E-state index < -0.39 is 11.8 Å². The van der Waals surface area contributed by atoms with Crippen molar-refractivity contribution in [3.63, 3.8) is 0 Å². The van der Waals surface area contributed by atoms with Crippen LogP contribution >= 0.6 is 15.9 Å². The van der Waals surface area contributed by atoms with Crippen LogP contribution in [0.25, 0.3) is 6.08 Å². The molecule has 0 fully saturated rings. The first-order valence-electron chi connectivity index (χ1n) is 9.29. The Hall–Kier alpha value is -2.85. The smallest absolute Gasteiger partial charge is 0.340 e. The number of ether oxygens (including phenoxy) is 2. The van der Waals surface area contributed by atoms with Crippen molar-refractivity contribution >= 4 is 33.8 Å². The van der Waals surface area contributed by atoms with Gasteiger partial charge in [0.15, 0.2) is 0 Å². The monoisotopic (exact) mass is 458 g/mol. The molecule has 0 spiro atoms. The predicted octanol–water partition coefficient (Wildman–Crippen LogP) is 5.15. The van der Waals surface area contributed by atoms with Crippen molar-refractivity contribution in [2.45, 2.75) is 34.1 Å². The summed E-state index contributed by atoms with van der Waals surface area (Å²) in [6.45, 7) is 7.77. The third kappa shape index (κ3) is 5.15. The van der Waals surface area contributed by atoms with Crippen molar-refractivity contribution in [2.24, 2.45) is 0 Å². The number of hydrogen-bond donors (Lipinski definition) is 1. The first-order chi connectivity index (χ1) is 13.8. The summed E-state index contributed by atoms with van der Waals surface area (Å²) in [5, 5.41) is 9.67. The number of esters is 1. The zero-order valence-electron chi connectivity index (χ0n) is 16.9. The number of carbonyl (C=O) groups excluding carboxylic acids is 2. The molecule has 1 aromatic carbocycles. The Morgan fingerprint density at radius 2 is 1.90 bits per heavy atom. The van der Waals surface area contributed by atoms with E-state index in [-0.39, 0.29) is 23.3 Å². The first-order valence-corrected chi connectivity index (χ1v) is 10.1. The maximum Gasteiger partial charge on any atom is 0.340 e. The molecular formula is C22H23BrN2O4.